The molecule has 0 saturated carbocycles. The Morgan fingerprint density at radius 3 is 2.58 bits per heavy atom. The van der Waals surface area contributed by atoms with Crippen LogP contribution in [0.1, 0.15) is 5.56 Å². The fourth-order valence-electron chi connectivity index (χ4n) is 2.95. The lowest BCUT2D eigenvalue weighted by molar-refractivity contribution is 0.891. The van der Waals surface area contributed by atoms with Gasteiger partial charge in [0.1, 0.15) is 17.8 Å². The first-order chi connectivity index (χ1) is 12.6. The van der Waals surface area contributed by atoms with Crippen molar-refractivity contribution in [1.82, 2.24) is 19.7 Å². The molecule has 0 fully saturated rings. The Bertz CT molecular complexity index is 1100. The van der Waals surface area contributed by atoms with Gasteiger partial charge in [-0.1, -0.05) is 29.8 Å². The van der Waals surface area contributed by atoms with Crippen LogP contribution in [0.25, 0.3) is 28.0 Å². The monoisotopic (exact) mass is 364 g/mol. The first-order valence-corrected chi connectivity index (χ1v) is 8.50. The zero-order valence-electron chi connectivity index (χ0n) is 14.4. The number of nitrogens with two attached hydrogens (primary N) is 1. The van der Waals surface area contributed by atoms with Crippen LogP contribution in [-0.4, -0.2) is 26.8 Å². The number of nitrogens with one attached hydrogen (secondary N) is 1. The lowest BCUT2D eigenvalue weighted by Gasteiger charge is -2.09. The second-order valence-corrected chi connectivity index (χ2v) is 6.41. The SMILES string of the molecule is CNc1ccc(C)c(-n2nc(-c3ccc(Cl)cc3)c3c(N)ncnc32)c1. The molecule has 2 aromatic heterocycles. The summed E-state index contributed by atoms with van der Waals surface area (Å²) in [5.74, 6) is 0.397. The quantitative estimate of drug-likeness (QED) is 0.572. The molecule has 0 unspecified atom stereocenters. The van der Waals surface area contributed by atoms with Gasteiger partial charge in [-0.2, -0.15) is 5.10 Å². The maximum Gasteiger partial charge on any atom is 0.169 e. The maximum atomic E-state index is 6.17. The predicted octanol–water partition coefficient (Wildman–Crippen LogP) is 4.07. The van der Waals surface area contributed by atoms with Gasteiger partial charge in [0.05, 0.1) is 11.1 Å². The number of benzene rings is 2. The van der Waals surface area contributed by atoms with E-state index in [4.69, 9.17) is 22.4 Å². The first-order valence-electron chi connectivity index (χ1n) is 8.12. The number of nitrogens with zero attached hydrogens (tertiary/aromatic N) is 4. The molecule has 0 aliphatic heterocycles. The van der Waals surface area contributed by atoms with Gasteiger partial charge in [-0.05, 0) is 36.8 Å². The summed E-state index contributed by atoms with van der Waals surface area (Å²) in [6, 6.07) is 13.6. The molecule has 6 nitrogen and oxygen atoms in total. The Morgan fingerprint density at radius 2 is 1.85 bits per heavy atom. The highest BCUT2D eigenvalue weighted by atomic mass is 35.5. The van der Waals surface area contributed by atoms with E-state index in [2.05, 4.69) is 15.3 Å². The maximum absolute atomic E-state index is 6.17. The average Bonchev–Trinajstić information content (AvgIpc) is 3.04. The van der Waals surface area contributed by atoms with E-state index in [1.54, 1.807) is 0 Å². The van der Waals surface area contributed by atoms with Gasteiger partial charge >= 0.3 is 0 Å². The number of halogens is 1. The fourth-order valence-corrected chi connectivity index (χ4v) is 3.07. The first kappa shape index (κ1) is 16.4. The average molecular weight is 365 g/mol. The van der Waals surface area contributed by atoms with Crippen molar-refractivity contribution in [2.45, 2.75) is 6.92 Å². The summed E-state index contributed by atoms with van der Waals surface area (Å²) >= 11 is 6.02. The fraction of sp³-hybridized carbons (Fsp3) is 0.105. The van der Waals surface area contributed by atoms with E-state index in [-0.39, 0.29) is 0 Å². The van der Waals surface area contributed by atoms with E-state index < -0.39 is 0 Å². The number of fused-ring (bicyclic) bond motifs is 1. The molecule has 0 spiro atoms. The standard InChI is InChI=1S/C19H17ClN6/c1-11-3-8-14(22-2)9-15(11)26-19-16(18(21)23-10-24-19)17(25-26)12-4-6-13(20)7-5-12/h3-10,22H,1-2H3,(H2,21,23,24). The van der Waals surface area contributed by atoms with Gasteiger partial charge in [-0.15, -0.1) is 0 Å². The summed E-state index contributed by atoms with van der Waals surface area (Å²) in [6.45, 7) is 2.04. The lowest BCUT2D eigenvalue weighted by atomic mass is 10.1. The van der Waals surface area contributed by atoms with Crippen molar-refractivity contribution >= 4 is 34.1 Å². The highest BCUT2D eigenvalue weighted by Gasteiger charge is 2.19. The molecule has 0 atom stereocenters. The molecule has 0 bridgehead atoms. The van der Waals surface area contributed by atoms with Crippen LogP contribution < -0.4 is 11.1 Å². The topological polar surface area (TPSA) is 81.7 Å². The molecular weight excluding hydrogens is 348 g/mol. The third-order valence-electron chi connectivity index (χ3n) is 4.34. The van der Waals surface area contributed by atoms with E-state index in [0.717, 1.165) is 33.6 Å². The molecule has 2 heterocycles. The molecule has 0 saturated heterocycles. The minimum atomic E-state index is 0.397. The van der Waals surface area contributed by atoms with Gasteiger partial charge in [0.2, 0.25) is 0 Å². The van der Waals surface area contributed by atoms with Crippen molar-refractivity contribution in [3.8, 4) is 16.9 Å². The van der Waals surface area contributed by atoms with Crippen LogP contribution in [-0.2, 0) is 0 Å². The van der Waals surface area contributed by atoms with Crippen molar-refractivity contribution in [2.24, 2.45) is 0 Å². The summed E-state index contributed by atoms with van der Waals surface area (Å²) in [5.41, 5.74) is 11.5. The van der Waals surface area contributed by atoms with E-state index in [1.807, 2.05) is 61.1 Å². The number of nitrogen functional groups attached to an aromatic ring is 1. The van der Waals surface area contributed by atoms with Crippen LogP contribution >= 0.6 is 11.6 Å². The molecule has 0 radical (unpaired) electrons. The van der Waals surface area contributed by atoms with Crippen molar-refractivity contribution in [3.05, 3.63) is 59.4 Å². The highest BCUT2D eigenvalue weighted by Crippen LogP contribution is 2.33. The Balaban J connectivity index is 2.03. The van der Waals surface area contributed by atoms with Crippen LogP contribution in [0.4, 0.5) is 11.5 Å². The molecule has 130 valence electrons. The molecule has 0 aliphatic carbocycles. The van der Waals surface area contributed by atoms with Gasteiger partial charge in [0.15, 0.2) is 5.65 Å². The molecule has 0 aliphatic rings. The third-order valence-corrected chi connectivity index (χ3v) is 4.59. The molecular formula is C19H17ClN6. The number of aryl methyl sites for hydroxylation is 1. The zero-order chi connectivity index (χ0) is 18.3. The van der Waals surface area contributed by atoms with Gasteiger partial charge in [0, 0.05) is 23.3 Å². The van der Waals surface area contributed by atoms with Crippen LogP contribution in [0.5, 0.6) is 0 Å². The summed E-state index contributed by atoms with van der Waals surface area (Å²) in [6.07, 6.45) is 1.46. The lowest BCUT2D eigenvalue weighted by Crippen LogP contribution is -2.02. The summed E-state index contributed by atoms with van der Waals surface area (Å²) in [4.78, 5) is 8.59. The summed E-state index contributed by atoms with van der Waals surface area (Å²) in [7, 11) is 1.88. The van der Waals surface area contributed by atoms with Gasteiger partial charge in [0.25, 0.3) is 0 Å². The third kappa shape index (κ3) is 2.64. The smallest absolute Gasteiger partial charge is 0.169 e. The van der Waals surface area contributed by atoms with E-state index in [9.17, 15) is 0 Å². The van der Waals surface area contributed by atoms with Crippen LogP contribution in [0.2, 0.25) is 5.02 Å². The predicted molar refractivity (Wildman–Crippen MR) is 106 cm³/mol. The highest BCUT2D eigenvalue weighted by molar-refractivity contribution is 6.30. The van der Waals surface area contributed by atoms with Crippen LogP contribution in [0.15, 0.2) is 48.8 Å². The van der Waals surface area contributed by atoms with Gasteiger partial charge in [-0.25, -0.2) is 14.6 Å². The Labute approximate surface area is 155 Å². The number of hydrogen-bond donors (Lipinski definition) is 2. The van der Waals surface area contributed by atoms with Crippen LogP contribution in [0, 0.1) is 6.92 Å². The zero-order valence-corrected chi connectivity index (χ0v) is 15.1. The second-order valence-electron chi connectivity index (χ2n) is 5.98. The van der Waals surface area contributed by atoms with Gasteiger partial charge < -0.3 is 11.1 Å². The molecule has 2 aromatic carbocycles. The Hall–Kier alpha value is -3.12. The van der Waals surface area contributed by atoms with Crippen LogP contribution in [0.3, 0.4) is 0 Å². The van der Waals surface area contributed by atoms with Gasteiger partial charge in [-0.3, -0.25) is 0 Å². The van der Waals surface area contributed by atoms with Crippen molar-refractivity contribution in [2.75, 3.05) is 18.1 Å². The molecule has 7 heteroatoms. The number of hydrogen-bond acceptors (Lipinski definition) is 5. The largest absolute Gasteiger partial charge is 0.388 e. The molecule has 0 amide bonds. The van der Waals surface area contributed by atoms with Crippen molar-refractivity contribution < 1.29 is 0 Å². The molecule has 3 N–H and O–H groups in total. The van der Waals surface area contributed by atoms with Crippen molar-refractivity contribution in [3.63, 3.8) is 0 Å². The molecule has 4 aromatic rings. The normalized spacial score (nSPS) is 11.0. The number of rotatable bonds is 3. The minimum Gasteiger partial charge on any atom is -0.388 e. The number of aromatic nitrogens is 4. The molecule has 26 heavy (non-hydrogen) atoms. The minimum absolute atomic E-state index is 0.397. The van der Waals surface area contributed by atoms with Crippen molar-refractivity contribution in [1.29, 1.82) is 0 Å². The molecule has 4 rings (SSSR count). The Morgan fingerprint density at radius 1 is 1.08 bits per heavy atom. The summed E-state index contributed by atoms with van der Waals surface area (Å²) < 4.78 is 1.81. The second kappa shape index (κ2) is 6.31. The summed E-state index contributed by atoms with van der Waals surface area (Å²) in [5, 5.41) is 9.37. The number of anilines is 2. The Kier molecular flexibility index (Phi) is 3.97. The van der Waals surface area contributed by atoms with E-state index in [1.165, 1.54) is 6.33 Å². The van der Waals surface area contributed by atoms with E-state index >= 15 is 0 Å². The van der Waals surface area contributed by atoms with E-state index in [0.29, 0.717) is 16.5 Å².